The standard InChI is InChI=1S/C27H23Cl2N3O2S2/c1-3-24(26(34)32-27-31-23(15-35-27)21-12-11-17(28)13-22(21)29)36-19-9-6-8-18(14-19)30-25(33)20-10-5-4-7-16(20)2/h4-15,24H,3H2,1-2H3,(H,30,33)(H,31,32,34). The number of thiazole rings is 1. The highest BCUT2D eigenvalue weighted by Crippen LogP contribution is 2.33. The van der Waals surface area contributed by atoms with Gasteiger partial charge in [-0.15, -0.1) is 23.1 Å². The maximum atomic E-state index is 13.0. The number of aromatic nitrogens is 1. The fourth-order valence-corrected chi connectivity index (χ4v) is 5.73. The number of hydrogen-bond donors (Lipinski definition) is 2. The van der Waals surface area contributed by atoms with Gasteiger partial charge in [-0.1, -0.05) is 54.4 Å². The molecule has 1 heterocycles. The fourth-order valence-electron chi connectivity index (χ4n) is 3.50. The second-order valence-electron chi connectivity index (χ2n) is 7.96. The van der Waals surface area contributed by atoms with Crippen molar-refractivity contribution in [3.63, 3.8) is 0 Å². The molecule has 9 heteroatoms. The molecule has 0 saturated heterocycles. The lowest BCUT2D eigenvalue weighted by Gasteiger charge is -2.14. The van der Waals surface area contributed by atoms with Crippen molar-refractivity contribution in [3.05, 3.63) is 93.3 Å². The molecule has 2 amide bonds. The molecule has 0 aliphatic rings. The van der Waals surface area contributed by atoms with E-state index in [1.165, 1.54) is 23.1 Å². The number of nitrogens with one attached hydrogen (secondary N) is 2. The van der Waals surface area contributed by atoms with Gasteiger partial charge in [0.05, 0.1) is 16.0 Å². The number of nitrogens with zero attached hydrogens (tertiary/aromatic N) is 1. The normalized spacial score (nSPS) is 11.7. The molecule has 0 saturated carbocycles. The summed E-state index contributed by atoms with van der Waals surface area (Å²) in [5.74, 6) is -0.305. The van der Waals surface area contributed by atoms with Crippen molar-refractivity contribution in [1.29, 1.82) is 0 Å². The van der Waals surface area contributed by atoms with E-state index in [4.69, 9.17) is 23.2 Å². The van der Waals surface area contributed by atoms with E-state index in [0.29, 0.717) is 38.5 Å². The Hall–Kier alpha value is -2.84. The number of carbonyl (C=O) groups is 2. The van der Waals surface area contributed by atoms with Crippen molar-refractivity contribution in [1.82, 2.24) is 4.98 Å². The number of rotatable bonds is 8. The van der Waals surface area contributed by atoms with Gasteiger partial charge in [-0.2, -0.15) is 0 Å². The molecule has 36 heavy (non-hydrogen) atoms. The van der Waals surface area contributed by atoms with Gasteiger partial charge in [0, 0.05) is 32.1 Å². The lowest BCUT2D eigenvalue weighted by atomic mass is 10.1. The van der Waals surface area contributed by atoms with Crippen molar-refractivity contribution < 1.29 is 9.59 Å². The van der Waals surface area contributed by atoms with Crippen molar-refractivity contribution >= 4 is 68.9 Å². The van der Waals surface area contributed by atoms with Crippen LogP contribution in [0.15, 0.2) is 77.0 Å². The van der Waals surface area contributed by atoms with Gasteiger partial charge in [0.1, 0.15) is 0 Å². The van der Waals surface area contributed by atoms with E-state index in [-0.39, 0.29) is 17.1 Å². The minimum absolute atomic E-state index is 0.139. The van der Waals surface area contributed by atoms with Crippen LogP contribution in [0.25, 0.3) is 11.3 Å². The highest BCUT2D eigenvalue weighted by Gasteiger charge is 2.20. The second kappa shape index (κ2) is 11.9. The summed E-state index contributed by atoms with van der Waals surface area (Å²) in [5.41, 5.74) is 3.64. The van der Waals surface area contributed by atoms with Crippen LogP contribution in [0, 0.1) is 6.92 Å². The number of hydrogen-bond acceptors (Lipinski definition) is 5. The molecule has 0 spiro atoms. The van der Waals surface area contributed by atoms with E-state index < -0.39 is 0 Å². The van der Waals surface area contributed by atoms with Gasteiger partial charge in [0.25, 0.3) is 5.91 Å². The Morgan fingerprint density at radius 3 is 2.58 bits per heavy atom. The van der Waals surface area contributed by atoms with Gasteiger partial charge in [0.2, 0.25) is 5.91 Å². The molecule has 4 aromatic rings. The van der Waals surface area contributed by atoms with Gasteiger partial charge < -0.3 is 10.6 Å². The van der Waals surface area contributed by atoms with Crippen molar-refractivity contribution in [2.45, 2.75) is 30.4 Å². The summed E-state index contributed by atoms with van der Waals surface area (Å²) in [6, 6.07) is 20.2. The first-order valence-corrected chi connectivity index (χ1v) is 13.7. The van der Waals surface area contributed by atoms with Crippen LogP contribution in [0.1, 0.15) is 29.3 Å². The molecule has 0 fully saturated rings. The zero-order valence-corrected chi connectivity index (χ0v) is 22.7. The minimum Gasteiger partial charge on any atom is -0.322 e. The molecular formula is C27H23Cl2N3O2S2. The Morgan fingerprint density at radius 1 is 1.03 bits per heavy atom. The van der Waals surface area contributed by atoms with Gasteiger partial charge in [0.15, 0.2) is 5.13 Å². The van der Waals surface area contributed by atoms with E-state index in [2.05, 4.69) is 15.6 Å². The van der Waals surface area contributed by atoms with Crippen LogP contribution in [-0.2, 0) is 4.79 Å². The zero-order chi connectivity index (χ0) is 25.7. The summed E-state index contributed by atoms with van der Waals surface area (Å²) < 4.78 is 0. The van der Waals surface area contributed by atoms with Gasteiger partial charge in [-0.25, -0.2) is 4.98 Å². The van der Waals surface area contributed by atoms with Crippen LogP contribution in [0.4, 0.5) is 10.8 Å². The van der Waals surface area contributed by atoms with Gasteiger partial charge in [-0.05, 0) is 61.4 Å². The first kappa shape index (κ1) is 26.2. The van der Waals surface area contributed by atoms with E-state index in [1.54, 1.807) is 24.3 Å². The molecule has 5 nitrogen and oxygen atoms in total. The average Bonchev–Trinajstić information content (AvgIpc) is 3.31. The molecule has 1 unspecified atom stereocenters. The van der Waals surface area contributed by atoms with E-state index >= 15 is 0 Å². The largest absolute Gasteiger partial charge is 0.322 e. The third-order valence-corrected chi connectivity index (χ3v) is 8.03. The van der Waals surface area contributed by atoms with Crippen LogP contribution in [0.5, 0.6) is 0 Å². The van der Waals surface area contributed by atoms with Crippen molar-refractivity contribution in [3.8, 4) is 11.3 Å². The smallest absolute Gasteiger partial charge is 0.255 e. The Morgan fingerprint density at radius 2 is 1.83 bits per heavy atom. The van der Waals surface area contributed by atoms with Crippen LogP contribution in [-0.4, -0.2) is 22.0 Å². The third-order valence-electron chi connectivity index (χ3n) is 5.36. The molecule has 4 rings (SSSR count). The Bertz CT molecular complexity index is 1410. The van der Waals surface area contributed by atoms with E-state index in [1.807, 2.05) is 61.7 Å². The Balaban J connectivity index is 1.41. The maximum Gasteiger partial charge on any atom is 0.255 e. The number of halogens is 2. The molecule has 2 N–H and O–H groups in total. The first-order chi connectivity index (χ1) is 17.3. The highest BCUT2D eigenvalue weighted by molar-refractivity contribution is 8.00. The van der Waals surface area contributed by atoms with Gasteiger partial charge in [-0.3, -0.25) is 9.59 Å². The number of aryl methyl sites for hydroxylation is 1. The maximum absolute atomic E-state index is 13.0. The average molecular weight is 557 g/mol. The molecule has 3 aromatic carbocycles. The SMILES string of the molecule is CCC(Sc1cccc(NC(=O)c2ccccc2C)c1)C(=O)Nc1nc(-c2ccc(Cl)cc2Cl)cs1. The van der Waals surface area contributed by atoms with Gasteiger partial charge >= 0.3 is 0 Å². The summed E-state index contributed by atoms with van der Waals surface area (Å²) in [5, 5.41) is 8.93. The summed E-state index contributed by atoms with van der Waals surface area (Å²) in [6.45, 7) is 3.86. The summed E-state index contributed by atoms with van der Waals surface area (Å²) >= 11 is 15.1. The monoisotopic (exact) mass is 555 g/mol. The lowest BCUT2D eigenvalue weighted by molar-refractivity contribution is -0.115. The molecule has 0 bridgehead atoms. The third kappa shape index (κ3) is 6.48. The summed E-state index contributed by atoms with van der Waals surface area (Å²) in [7, 11) is 0. The van der Waals surface area contributed by atoms with E-state index in [0.717, 1.165) is 16.0 Å². The van der Waals surface area contributed by atoms with Crippen molar-refractivity contribution in [2.24, 2.45) is 0 Å². The molecule has 0 radical (unpaired) electrons. The Kier molecular flexibility index (Phi) is 8.69. The Labute approximate surface area is 228 Å². The lowest BCUT2D eigenvalue weighted by Crippen LogP contribution is -2.24. The number of amides is 2. The topological polar surface area (TPSA) is 71.1 Å². The summed E-state index contributed by atoms with van der Waals surface area (Å²) in [4.78, 5) is 31.1. The van der Waals surface area contributed by atoms with Crippen LogP contribution < -0.4 is 10.6 Å². The number of carbonyl (C=O) groups excluding carboxylic acids is 2. The second-order valence-corrected chi connectivity index (χ2v) is 10.9. The predicted octanol–water partition coefficient (Wildman–Crippen LogP) is 8.19. The molecule has 0 aliphatic heterocycles. The molecule has 1 atom stereocenters. The molecule has 1 aromatic heterocycles. The highest BCUT2D eigenvalue weighted by atomic mass is 35.5. The molecule has 184 valence electrons. The molecular weight excluding hydrogens is 533 g/mol. The van der Waals surface area contributed by atoms with Crippen LogP contribution >= 0.6 is 46.3 Å². The van der Waals surface area contributed by atoms with Crippen LogP contribution in [0.2, 0.25) is 10.0 Å². The van der Waals surface area contributed by atoms with Crippen LogP contribution in [0.3, 0.4) is 0 Å². The quantitative estimate of drug-likeness (QED) is 0.215. The fraction of sp³-hybridized carbons (Fsp3) is 0.148. The molecule has 0 aliphatic carbocycles. The zero-order valence-electron chi connectivity index (χ0n) is 19.5. The minimum atomic E-state index is -0.334. The number of anilines is 2. The van der Waals surface area contributed by atoms with Crippen molar-refractivity contribution in [2.75, 3.05) is 10.6 Å². The number of benzene rings is 3. The number of thioether (sulfide) groups is 1. The summed E-state index contributed by atoms with van der Waals surface area (Å²) in [6.07, 6.45) is 0.623. The predicted molar refractivity (Wildman–Crippen MR) is 152 cm³/mol. The van der Waals surface area contributed by atoms with E-state index in [9.17, 15) is 9.59 Å². The first-order valence-electron chi connectivity index (χ1n) is 11.2.